The number of nitrogens with zero attached hydrogens (tertiary/aromatic N) is 3. The number of carbonyl (C=O) groups excluding carboxylic acids is 1. The van der Waals surface area contributed by atoms with E-state index in [1.807, 2.05) is 0 Å². The number of aromatic nitrogens is 1. The number of hydrogen-bond donors (Lipinski definition) is 0. The van der Waals surface area contributed by atoms with Gasteiger partial charge in [-0.3, -0.25) is 19.9 Å². The SMILES string of the molecule is CN(C(=O)c1cc([N+](=O)[O-])ccc1Br)c1cccnc1. The van der Waals surface area contributed by atoms with Gasteiger partial charge < -0.3 is 4.90 Å². The molecule has 1 aromatic heterocycles. The molecule has 0 spiro atoms. The molecular weight excluding hydrogens is 326 g/mol. The van der Waals surface area contributed by atoms with Crippen LogP contribution in [0.5, 0.6) is 0 Å². The highest BCUT2D eigenvalue weighted by Gasteiger charge is 2.19. The van der Waals surface area contributed by atoms with Crippen LogP contribution in [-0.4, -0.2) is 22.9 Å². The first-order valence-corrected chi connectivity index (χ1v) is 6.42. The Morgan fingerprint density at radius 1 is 1.40 bits per heavy atom. The van der Waals surface area contributed by atoms with E-state index in [9.17, 15) is 14.9 Å². The van der Waals surface area contributed by atoms with Gasteiger partial charge in [-0.15, -0.1) is 0 Å². The molecule has 0 N–H and O–H groups in total. The normalized spacial score (nSPS) is 10.1. The lowest BCUT2D eigenvalue weighted by molar-refractivity contribution is -0.384. The average Bonchev–Trinajstić information content (AvgIpc) is 2.47. The number of hydrogen-bond acceptors (Lipinski definition) is 4. The molecule has 0 saturated heterocycles. The van der Waals surface area contributed by atoms with Crippen LogP contribution < -0.4 is 4.90 Å². The molecule has 0 aliphatic heterocycles. The summed E-state index contributed by atoms with van der Waals surface area (Å²) in [5.74, 6) is -0.353. The summed E-state index contributed by atoms with van der Waals surface area (Å²) < 4.78 is 0.504. The maximum absolute atomic E-state index is 12.4. The zero-order valence-electron chi connectivity index (χ0n) is 10.5. The van der Waals surface area contributed by atoms with E-state index in [0.717, 1.165) is 0 Å². The molecule has 0 fully saturated rings. The van der Waals surface area contributed by atoms with Crippen molar-refractivity contribution >= 4 is 33.2 Å². The Hall–Kier alpha value is -2.28. The van der Waals surface area contributed by atoms with E-state index in [1.165, 1.54) is 23.1 Å². The van der Waals surface area contributed by atoms with Crippen molar-refractivity contribution in [2.45, 2.75) is 0 Å². The minimum atomic E-state index is -0.534. The van der Waals surface area contributed by atoms with Gasteiger partial charge in [0.05, 0.1) is 22.4 Å². The van der Waals surface area contributed by atoms with Crippen LogP contribution in [0.25, 0.3) is 0 Å². The molecule has 0 saturated carbocycles. The lowest BCUT2D eigenvalue weighted by Crippen LogP contribution is -2.26. The van der Waals surface area contributed by atoms with Crippen LogP contribution in [0.2, 0.25) is 0 Å². The molecule has 0 atom stereocenters. The van der Waals surface area contributed by atoms with E-state index in [-0.39, 0.29) is 17.2 Å². The average molecular weight is 336 g/mol. The standard InChI is InChI=1S/C13H10BrN3O3/c1-16(10-3-2-6-15-8-10)13(18)11-7-9(17(19)20)4-5-12(11)14/h2-8H,1H3. The topological polar surface area (TPSA) is 76.3 Å². The summed E-state index contributed by atoms with van der Waals surface area (Å²) in [5, 5.41) is 10.8. The van der Waals surface area contributed by atoms with E-state index in [0.29, 0.717) is 10.2 Å². The van der Waals surface area contributed by atoms with Gasteiger partial charge in [-0.25, -0.2) is 0 Å². The fraction of sp³-hybridized carbons (Fsp3) is 0.0769. The van der Waals surface area contributed by atoms with Gasteiger partial charge in [-0.2, -0.15) is 0 Å². The Kier molecular flexibility index (Phi) is 4.09. The van der Waals surface area contributed by atoms with Crippen LogP contribution >= 0.6 is 15.9 Å². The number of pyridine rings is 1. The first-order valence-electron chi connectivity index (χ1n) is 5.62. The maximum atomic E-state index is 12.4. The summed E-state index contributed by atoms with van der Waals surface area (Å²) in [6.45, 7) is 0. The Labute approximate surface area is 123 Å². The number of nitro benzene ring substituents is 1. The molecule has 1 amide bonds. The molecule has 7 heteroatoms. The highest BCUT2D eigenvalue weighted by molar-refractivity contribution is 9.10. The molecule has 2 aromatic rings. The zero-order valence-corrected chi connectivity index (χ0v) is 12.1. The Morgan fingerprint density at radius 3 is 2.75 bits per heavy atom. The van der Waals surface area contributed by atoms with Crippen molar-refractivity contribution in [2.24, 2.45) is 0 Å². The number of anilines is 1. The number of halogens is 1. The van der Waals surface area contributed by atoms with Gasteiger partial charge in [0, 0.05) is 29.8 Å². The second-order valence-electron chi connectivity index (χ2n) is 4.00. The summed E-state index contributed by atoms with van der Waals surface area (Å²) in [7, 11) is 1.59. The lowest BCUT2D eigenvalue weighted by atomic mass is 10.1. The number of carbonyl (C=O) groups is 1. The van der Waals surface area contributed by atoms with E-state index in [2.05, 4.69) is 20.9 Å². The predicted octanol–water partition coefficient (Wildman–Crippen LogP) is 3.03. The highest BCUT2D eigenvalue weighted by atomic mass is 79.9. The largest absolute Gasteiger partial charge is 0.310 e. The smallest absolute Gasteiger partial charge is 0.270 e. The van der Waals surface area contributed by atoms with Crippen molar-refractivity contribution in [2.75, 3.05) is 11.9 Å². The van der Waals surface area contributed by atoms with Gasteiger partial charge in [-0.05, 0) is 34.1 Å². The zero-order chi connectivity index (χ0) is 14.7. The van der Waals surface area contributed by atoms with Crippen LogP contribution in [0.3, 0.4) is 0 Å². The number of rotatable bonds is 3. The van der Waals surface area contributed by atoms with Gasteiger partial charge in [0.15, 0.2) is 0 Å². The van der Waals surface area contributed by atoms with Crippen molar-refractivity contribution in [3.63, 3.8) is 0 Å². The Bertz CT molecular complexity index is 661. The molecule has 20 heavy (non-hydrogen) atoms. The van der Waals surface area contributed by atoms with Crippen molar-refractivity contribution in [3.8, 4) is 0 Å². The highest BCUT2D eigenvalue weighted by Crippen LogP contribution is 2.25. The molecule has 1 aromatic carbocycles. The predicted molar refractivity (Wildman–Crippen MR) is 77.8 cm³/mol. The first kappa shape index (κ1) is 14.1. The molecule has 2 rings (SSSR count). The first-order chi connectivity index (χ1) is 9.50. The summed E-state index contributed by atoms with van der Waals surface area (Å²) in [6.07, 6.45) is 3.15. The second-order valence-corrected chi connectivity index (χ2v) is 4.85. The van der Waals surface area contributed by atoms with Gasteiger partial charge in [-0.1, -0.05) is 0 Å². The van der Waals surface area contributed by atoms with Gasteiger partial charge in [0.25, 0.3) is 11.6 Å². The molecule has 0 aliphatic carbocycles. The van der Waals surface area contributed by atoms with Gasteiger partial charge in [0.2, 0.25) is 0 Å². The maximum Gasteiger partial charge on any atom is 0.270 e. The third-order valence-electron chi connectivity index (χ3n) is 2.73. The third-order valence-corrected chi connectivity index (χ3v) is 3.42. The monoisotopic (exact) mass is 335 g/mol. The molecule has 1 heterocycles. The van der Waals surface area contributed by atoms with Crippen LogP contribution in [0, 0.1) is 10.1 Å². The van der Waals surface area contributed by atoms with Crippen molar-refractivity contribution in [1.29, 1.82) is 0 Å². The van der Waals surface area contributed by atoms with E-state index >= 15 is 0 Å². The number of non-ortho nitro benzene ring substituents is 1. The molecule has 0 bridgehead atoms. The van der Waals surface area contributed by atoms with E-state index in [1.54, 1.807) is 31.6 Å². The second kappa shape index (κ2) is 5.79. The van der Waals surface area contributed by atoms with Gasteiger partial charge in [0.1, 0.15) is 0 Å². The fourth-order valence-corrected chi connectivity index (χ4v) is 2.06. The van der Waals surface area contributed by atoms with Crippen LogP contribution in [0.15, 0.2) is 47.2 Å². The van der Waals surface area contributed by atoms with E-state index in [4.69, 9.17) is 0 Å². The number of benzene rings is 1. The minimum Gasteiger partial charge on any atom is -0.310 e. The van der Waals surface area contributed by atoms with Crippen LogP contribution in [0.4, 0.5) is 11.4 Å². The van der Waals surface area contributed by atoms with Crippen molar-refractivity contribution in [3.05, 3.63) is 62.9 Å². The third kappa shape index (κ3) is 2.83. The summed E-state index contributed by atoms with van der Waals surface area (Å²) in [4.78, 5) is 28.0. The summed E-state index contributed by atoms with van der Waals surface area (Å²) in [6, 6.07) is 7.52. The lowest BCUT2D eigenvalue weighted by Gasteiger charge is -2.17. The molecule has 0 aliphatic rings. The van der Waals surface area contributed by atoms with Crippen LogP contribution in [0.1, 0.15) is 10.4 Å². The Balaban J connectivity index is 2.38. The van der Waals surface area contributed by atoms with Crippen molar-refractivity contribution in [1.82, 2.24) is 4.98 Å². The minimum absolute atomic E-state index is 0.129. The van der Waals surface area contributed by atoms with Crippen LogP contribution in [-0.2, 0) is 0 Å². The number of amides is 1. The summed E-state index contributed by atoms with van der Waals surface area (Å²) in [5.41, 5.74) is 0.706. The molecule has 0 radical (unpaired) electrons. The fourth-order valence-electron chi connectivity index (χ4n) is 1.64. The number of nitro groups is 1. The quantitative estimate of drug-likeness (QED) is 0.638. The van der Waals surface area contributed by atoms with Gasteiger partial charge >= 0.3 is 0 Å². The molecule has 102 valence electrons. The molecular formula is C13H10BrN3O3. The Morgan fingerprint density at radius 2 is 2.15 bits per heavy atom. The molecule has 6 nitrogen and oxygen atoms in total. The van der Waals surface area contributed by atoms with Crippen molar-refractivity contribution < 1.29 is 9.72 Å². The van der Waals surface area contributed by atoms with E-state index < -0.39 is 4.92 Å². The molecule has 0 unspecified atom stereocenters. The summed E-state index contributed by atoms with van der Waals surface area (Å²) >= 11 is 3.24.